The zero-order valence-electron chi connectivity index (χ0n) is 16.7. The highest BCUT2D eigenvalue weighted by atomic mass is 16.5. The standard InChI is InChI=1S/C22H29NO4/c1-15(2)13-18(16-9-7-6-8-10-16)23-20(24)14-17-11-12-19(25-3)22(27-5)21(17)26-4/h6-12,15,18H,13-14H2,1-5H3,(H,23,24)/t18-/m0/s1. The first-order valence-electron chi connectivity index (χ1n) is 9.12. The van der Waals surface area contributed by atoms with Gasteiger partial charge in [0.05, 0.1) is 33.8 Å². The molecule has 0 aliphatic heterocycles. The SMILES string of the molecule is COc1ccc(CC(=O)N[C@@H](CC(C)C)c2ccccc2)c(OC)c1OC. The smallest absolute Gasteiger partial charge is 0.225 e. The molecule has 2 aromatic rings. The number of carbonyl (C=O) groups is 1. The molecule has 27 heavy (non-hydrogen) atoms. The summed E-state index contributed by atoms with van der Waals surface area (Å²) in [6.07, 6.45) is 1.07. The maximum absolute atomic E-state index is 12.8. The van der Waals surface area contributed by atoms with Crippen LogP contribution in [0.2, 0.25) is 0 Å². The van der Waals surface area contributed by atoms with Crippen LogP contribution in [0.3, 0.4) is 0 Å². The van der Waals surface area contributed by atoms with Gasteiger partial charge in [-0.1, -0.05) is 50.2 Å². The molecule has 0 heterocycles. The van der Waals surface area contributed by atoms with Crippen LogP contribution in [0, 0.1) is 5.92 Å². The number of hydrogen-bond acceptors (Lipinski definition) is 4. The Morgan fingerprint density at radius 2 is 1.59 bits per heavy atom. The maximum Gasteiger partial charge on any atom is 0.225 e. The lowest BCUT2D eigenvalue weighted by Crippen LogP contribution is -2.30. The van der Waals surface area contributed by atoms with Gasteiger partial charge in [0.25, 0.3) is 0 Å². The lowest BCUT2D eigenvalue weighted by Gasteiger charge is -2.22. The second-order valence-corrected chi connectivity index (χ2v) is 6.83. The van der Waals surface area contributed by atoms with Crippen molar-refractivity contribution in [1.82, 2.24) is 5.32 Å². The van der Waals surface area contributed by atoms with Crippen LogP contribution >= 0.6 is 0 Å². The Labute approximate surface area is 161 Å². The van der Waals surface area contributed by atoms with Crippen LogP contribution in [0.4, 0.5) is 0 Å². The molecule has 0 spiro atoms. The van der Waals surface area contributed by atoms with E-state index in [1.807, 2.05) is 36.4 Å². The van der Waals surface area contributed by atoms with Crippen LogP contribution < -0.4 is 19.5 Å². The molecule has 5 heteroatoms. The molecule has 1 N–H and O–H groups in total. The van der Waals surface area contributed by atoms with Gasteiger partial charge in [-0.25, -0.2) is 0 Å². The normalized spacial score (nSPS) is 11.8. The summed E-state index contributed by atoms with van der Waals surface area (Å²) in [7, 11) is 4.68. The van der Waals surface area contributed by atoms with E-state index in [9.17, 15) is 4.79 Å². The van der Waals surface area contributed by atoms with Crippen LogP contribution in [-0.2, 0) is 11.2 Å². The van der Waals surface area contributed by atoms with Gasteiger partial charge in [-0.3, -0.25) is 4.79 Å². The van der Waals surface area contributed by atoms with Crippen LogP contribution in [0.1, 0.15) is 37.4 Å². The molecule has 0 aliphatic carbocycles. The van der Waals surface area contributed by atoms with E-state index in [-0.39, 0.29) is 18.4 Å². The summed E-state index contributed by atoms with van der Waals surface area (Å²) in [5.74, 6) is 1.99. The van der Waals surface area contributed by atoms with E-state index in [1.54, 1.807) is 27.4 Å². The Bertz CT molecular complexity index is 743. The zero-order chi connectivity index (χ0) is 19.8. The maximum atomic E-state index is 12.8. The Balaban J connectivity index is 2.20. The molecule has 0 aliphatic rings. The third kappa shape index (κ3) is 5.39. The Hall–Kier alpha value is -2.69. The van der Waals surface area contributed by atoms with Crippen molar-refractivity contribution in [2.45, 2.75) is 32.7 Å². The number of carbonyl (C=O) groups excluding carboxylic acids is 1. The Morgan fingerprint density at radius 1 is 0.926 bits per heavy atom. The zero-order valence-corrected chi connectivity index (χ0v) is 16.7. The molecular formula is C22H29NO4. The molecule has 0 unspecified atom stereocenters. The second-order valence-electron chi connectivity index (χ2n) is 6.83. The average Bonchev–Trinajstić information content (AvgIpc) is 2.67. The first-order valence-corrected chi connectivity index (χ1v) is 9.12. The molecule has 0 radical (unpaired) electrons. The molecule has 146 valence electrons. The molecular weight excluding hydrogens is 342 g/mol. The second kappa shape index (κ2) is 9.86. The summed E-state index contributed by atoms with van der Waals surface area (Å²) in [4.78, 5) is 12.8. The van der Waals surface area contributed by atoms with Crippen LogP contribution in [0.15, 0.2) is 42.5 Å². The van der Waals surface area contributed by atoms with Gasteiger partial charge in [-0.2, -0.15) is 0 Å². The van der Waals surface area contributed by atoms with E-state index >= 15 is 0 Å². The van der Waals surface area contributed by atoms with E-state index in [0.717, 1.165) is 17.5 Å². The fourth-order valence-corrected chi connectivity index (χ4v) is 3.16. The lowest BCUT2D eigenvalue weighted by molar-refractivity contribution is -0.121. The summed E-state index contributed by atoms with van der Waals surface area (Å²) >= 11 is 0. The van der Waals surface area contributed by atoms with Gasteiger partial charge in [0.15, 0.2) is 11.5 Å². The lowest BCUT2D eigenvalue weighted by atomic mass is 9.96. The predicted molar refractivity (Wildman–Crippen MR) is 107 cm³/mol. The predicted octanol–water partition coefficient (Wildman–Crippen LogP) is 4.16. The Morgan fingerprint density at radius 3 is 2.15 bits per heavy atom. The van der Waals surface area contributed by atoms with Crippen LogP contribution in [-0.4, -0.2) is 27.2 Å². The first kappa shape index (κ1) is 20.6. The number of amides is 1. The number of rotatable bonds is 9. The third-order valence-electron chi connectivity index (χ3n) is 4.38. The molecule has 0 fully saturated rings. The average molecular weight is 371 g/mol. The molecule has 0 aromatic heterocycles. The summed E-state index contributed by atoms with van der Waals surface area (Å²) in [6, 6.07) is 13.6. The highest BCUT2D eigenvalue weighted by Gasteiger charge is 2.20. The van der Waals surface area contributed by atoms with E-state index in [4.69, 9.17) is 14.2 Å². The van der Waals surface area contributed by atoms with Crippen LogP contribution in [0.25, 0.3) is 0 Å². The van der Waals surface area contributed by atoms with Crippen molar-refractivity contribution in [2.24, 2.45) is 5.92 Å². The van der Waals surface area contributed by atoms with Gasteiger partial charge in [-0.15, -0.1) is 0 Å². The van der Waals surface area contributed by atoms with E-state index in [2.05, 4.69) is 19.2 Å². The summed E-state index contributed by atoms with van der Waals surface area (Å²) in [6.45, 7) is 4.30. The van der Waals surface area contributed by atoms with E-state index < -0.39 is 0 Å². The van der Waals surface area contributed by atoms with Gasteiger partial charge in [0, 0.05) is 5.56 Å². The van der Waals surface area contributed by atoms with Gasteiger partial charge in [0.2, 0.25) is 11.7 Å². The summed E-state index contributed by atoms with van der Waals surface area (Å²) in [5, 5.41) is 3.16. The van der Waals surface area contributed by atoms with E-state index in [0.29, 0.717) is 23.2 Å². The molecule has 0 saturated heterocycles. The fourth-order valence-electron chi connectivity index (χ4n) is 3.16. The number of benzene rings is 2. The molecule has 0 saturated carbocycles. The van der Waals surface area contributed by atoms with Crippen molar-refractivity contribution >= 4 is 5.91 Å². The number of methoxy groups -OCH3 is 3. The molecule has 1 atom stereocenters. The molecule has 5 nitrogen and oxygen atoms in total. The number of nitrogens with one attached hydrogen (secondary N) is 1. The minimum atomic E-state index is -0.0602. The minimum Gasteiger partial charge on any atom is -0.493 e. The van der Waals surface area contributed by atoms with Gasteiger partial charge >= 0.3 is 0 Å². The van der Waals surface area contributed by atoms with Gasteiger partial charge < -0.3 is 19.5 Å². The van der Waals surface area contributed by atoms with Crippen molar-refractivity contribution in [3.63, 3.8) is 0 Å². The van der Waals surface area contributed by atoms with Crippen molar-refractivity contribution in [3.05, 3.63) is 53.6 Å². The minimum absolute atomic E-state index is 0.0233. The van der Waals surface area contributed by atoms with Crippen molar-refractivity contribution in [3.8, 4) is 17.2 Å². The quantitative estimate of drug-likeness (QED) is 0.719. The topological polar surface area (TPSA) is 56.8 Å². The Kier molecular flexibility index (Phi) is 7.53. The van der Waals surface area contributed by atoms with Crippen molar-refractivity contribution < 1.29 is 19.0 Å². The monoisotopic (exact) mass is 371 g/mol. The number of hydrogen-bond donors (Lipinski definition) is 1. The van der Waals surface area contributed by atoms with Crippen molar-refractivity contribution in [2.75, 3.05) is 21.3 Å². The first-order chi connectivity index (χ1) is 13.0. The van der Waals surface area contributed by atoms with Crippen molar-refractivity contribution in [1.29, 1.82) is 0 Å². The molecule has 2 aromatic carbocycles. The van der Waals surface area contributed by atoms with E-state index in [1.165, 1.54) is 0 Å². The highest BCUT2D eigenvalue weighted by molar-refractivity contribution is 5.80. The largest absolute Gasteiger partial charge is 0.493 e. The van der Waals surface area contributed by atoms with Crippen LogP contribution in [0.5, 0.6) is 17.2 Å². The molecule has 0 bridgehead atoms. The third-order valence-corrected chi connectivity index (χ3v) is 4.38. The van der Waals surface area contributed by atoms with Gasteiger partial charge in [-0.05, 0) is 24.0 Å². The summed E-state index contributed by atoms with van der Waals surface area (Å²) in [5.41, 5.74) is 1.86. The highest BCUT2D eigenvalue weighted by Crippen LogP contribution is 2.40. The molecule has 2 rings (SSSR count). The molecule has 1 amide bonds. The summed E-state index contributed by atoms with van der Waals surface area (Å²) < 4.78 is 16.2. The van der Waals surface area contributed by atoms with Gasteiger partial charge in [0.1, 0.15) is 0 Å². The fraction of sp³-hybridized carbons (Fsp3) is 0.409. The number of ether oxygens (including phenoxy) is 3.